The van der Waals surface area contributed by atoms with E-state index in [0.29, 0.717) is 5.75 Å². The van der Waals surface area contributed by atoms with Gasteiger partial charge in [0.05, 0.1) is 11.8 Å². The van der Waals surface area contributed by atoms with E-state index in [4.69, 9.17) is 9.84 Å². The number of carbonyl (C=O) groups is 1. The Labute approximate surface area is 98.8 Å². The molecule has 0 amide bonds. The van der Waals surface area contributed by atoms with Crippen LogP contribution in [0.2, 0.25) is 0 Å². The molecule has 1 aromatic rings. The fourth-order valence-electron chi connectivity index (χ4n) is 1.21. The van der Waals surface area contributed by atoms with Gasteiger partial charge < -0.3 is 9.84 Å². The number of carboxylic acid groups (broad SMARTS) is 1. The summed E-state index contributed by atoms with van der Waals surface area (Å²) in [7, 11) is 0. The minimum absolute atomic E-state index is 0.131. The lowest BCUT2D eigenvalue weighted by atomic mass is 10.3. The maximum Gasteiger partial charge on any atom is 0.327 e. The zero-order valence-corrected chi connectivity index (χ0v) is 9.44. The van der Waals surface area contributed by atoms with Crippen LogP contribution >= 0.6 is 0 Å². The molecule has 0 heterocycles. The Bertz CT molecular complexity index is 369. The van der Waals surface area contributed by atoms with Crippen LogP contribution in [-0.2, 0) is 4.79 Å². The molecule has 0 fully saturated rings. The number of nitroso groups, excluding NO2 is 1. The SMILES string of the molecule is CC(C(=O)O)N(CCOc1ccccc1)N=O. The maximum absolute atomic E-state index is 10.7. The number of rotatable bonds is 7. The number of hydrogen-bond donors (Lipinski definition) is 1. The minimum Gasteiger partial charge on any atom is -0.492 e. The van der Waals surface area contributed by atoms with Gasteiger partial charge in [0.25, 0.3) is 0 Å². The molecule has 0 aliphatic heterocycles. The van der Waals surface area contributed by atoms with E-state index < -0.39 is 12.0 Å². The second kappa shape index (κ2) is 6.47. The summed E-state index contributed by atoms with van der Waals surface area (Å²) >= 11 is 0. The highest BCUT2D eigenvalue weighted by Gasteiger charge is 2.19. The van der Waals surface area contributed by atoms with Crippen molar-refractivity contribution >= 4 is 5.97 Å². The van der Waals surface area contributed by atoms with Crippen molar-refractivity contribution in [2.24, 2.45) is 5.29 Å². The first kappa shape index (κ1) is 13.0. The summed E-state index contributed by atoms with van der Waals surface area (Å²) in [5.74, 6) is -0.425. The third kappa shape index (κ3) is 4.10. The van der Waals surface area contributed by atoms with Gasteiger partial charge in [0.1, 0.15) is 18.4 Å². The van der Waals surface area contributed by atoms with Gasteiger partial charge in [0, 0.05) is 0 Å². The number of para-hydroxylation sites is 1. The van der Waals surface area contributed by atoms with E-state index >= 15 is 0 Å². The van der Waals surface area contributed by atoms with Gasteiger partial charge in [-0.2, -0.15) is 0 Å². The molecular formula is C11H14N2O4. The van der Waals surface area contributed by atoms with Crippen LogP contribution in [0.15, 0.2) is 35.6 Å². The molecular weight excluding hydrogens is 224 g/mol. The van der Waals surface area contributed by atoms with E-state index in [1.807, 2.05) is 18.2 Å². The van der Waals surface area contributed by atoms with Gasteiger partial charge in [-0.25, -0.2) is 9.80 Å². The van der Waals surface area contributed by atoms with Crippen LogP contribution in [0.1, 0.15) is 6.92 Å². The molecule has 0 bridgehead atoms. The van der Waals surface area contributed by atoms with Gasteiger partial charge in [-0.15, -0.1) is 4.91 Å². The third-order valence-corrected chi connectivity index (χ3v) is 2.24. The predicted molar refractivity (Wildman–Crippen MR) is 61.5 cm³/mol. The van der Waals surface area contributed by atoms with Gasteiger partial charge in [-0.05, 0) is 19.1 Å². The van der Waals surface area contributed by atoms with Crippen molar-refractivity contribution in [1.82, 2.24) is 5.01 Å². The van der Waals surface area contributed by atoms with Crippen molar-refractivity contribution in [3.8, 4) is 5.75 Å². The van der Waals surface area contributed by atoms with Crippen molar-refractivity contribution in [3.63, 3.8) is 0 Å². The van der Waals surface area contributed by atoms with Crippen molar-refractivity contribution in [1.29, 1.82) is 0 Å². The van der Waals surface area contributed by atoms with Crippen molar-refractivity contribution in [2.45, 2.75) is 13.0 Å². The number of benzene rings is 1. The fourth-order valence-corrected chi connectivity index (χ4v) is 1.21. The summed E-state index contributed by atoms with van der Waals surface area (Å²) in [6.07, 6.45) is 0. The summed E-state index contributed by atoms with van der Waals surface area (Å²) in [6, 6.07) is 8.11. The monoisotopic (exact) mass is 238 g/mol. The highest BCUT2D eigenvalue weighted by Crippen LogP contribution is 2.08. The van der Waals surface area contributed by atoms with Gasteiger partial charge in [0.2, 0.25) is 0 Å². The largest absolute Gasteiger partial charge is 0.492 e. The quantitative estimate of drug-likeness (QED) is 0.575. The lowest BCUT2D eigenvalue weighted by Gasteiger charge is -2.19. The first-order valence-corrected chi connectivity index (χ1v) is 5.15. The van der Waals surface area contributed by atoms with Gasteiger partial charge in [-0.3, -0.25) is 0 Å². The topological polar surface area (TPSA) is 79.2 Å². The van der Waals surface area contributed by atoms with Crippen molar-refractivity contribution in [2.75, 3.05) is 13.2 Å². The molecule has 0 radical (unpaired) electrons. The van der Waals surface area contributed by atoms with E-state index in [0.717, 1.165) is 5.01 Å². The van der Waals surface area contributed by atoms with Crippen LogP contribution in [0, 0.1) is 4.91 Å². The lowest BCUT2D eigenvalue weighted by Crippen LogP contribution is -2.37. The number of aliphatic carboxylic acids is 1. The number of ether oxygens (including phenoxy) is 1. The predicted octanol–water partition coefficient (Wildman–Crippen LogP) is 1.52. The average molecular weight is 238 g/mol. The molecule has 92 valence electrons. The number of hydrogen-bond acceptors (Lipinski definition) is 4. The van der Waals surface area contributed by atoms with Gasteiger partial charge in [-0.1, -0.05) is 18.2 Å². The highest BCUT2D eigenvalue weighted by atomic mass is 16.5. The molecule has 1 unspecified atom stereocenters. The number of nitrogens with zero attached hydrogens (tertiary/aromatic N) is 2. The molecule has 1 aromatic carbocycles. The summed E-state index contributed by atoms with van der Waals surface area (Å²) in [5, 5.41) is 12.3. The Hall–Kier alpha value is -2.11. The van der Waals surface area contributed by atoms with Gasteiger partial charge >= 0.3 is 5.97 Å². The Morgan fingerprint density at radius 1 is 1.47 bits per heavy atom. The molecule has 0 saturated heterocycles. The first-order valence-electron chi connectivity index (χ1n) is 5.15. The lowest BCUT2D eigenvalue weighted by molar-refractivity contribution is -0.142. The van der Waals surface area contributed by atoms with Crippen LogP contribution < -0.4 is 4.74 Å². The summed E-state index contributed by atoms with van der Waals surface area (Å²) < 4.78 is 5.33. The summed E-state index contributed by atoms with van der Waals surface area (Å²) in [6.45, 7) is 1.73. The maximum atomic E-state index is 10.7. The molecule has 6 nitrogen and oxygen atoms in total. The third-order valence-electron chi connectivity index (χ3n) is 2.24. The number of carboxylic acids is 1. The van der Waals surface area contributed by atoms with E-state index in [2.05, 4.69) is 5.29 Å². The van der Waals surface area contributed by atoms with Crippen molar-refractivity contribution in [3.05, 3.63) is 35.2 Å². The van der Waals surface area contributed by atoms with Crippen LogP contribution in [0.25, 0.3) is 0 Å². The molecule has 6 heteroatoms. The Morgan fingerprint density at radius 2 is 2.12 bits per heavy atom. The van der Waals surface area contributed by atoms with E-state index in [1.54, 1.807) is 12.1 Å². The fraction of sp³-hybridized carbons (Fsp3) is 0.364. The second-order valence-electron chi connectivity index (χ2n) is 3.42. The minimum atomic E-state index is -1.09. The normalized spacial score (nSPS) is 11.6. The van der Waals surface area contributed by atoms with E-state index in [1.165, 1.54) is 6.92 Å². The average Bonchev–Trinajstić information content (AvgIpc) is 2.35. The molecule has 17 heavy (non-hydrogen) atoms. The van der Waals surface area contributed by atoms with Gasteiger partial charge in [0.15, 0.2) is 0 Å². The molecule has 0 saturated carbocycles. The smallest absolute Gasteiger partial charge is 0.327 e. The van der Waals surface area contributed by atoms with Crippen LogP contribution in [0.3, 0.4) is 0 Å². The second-order valence-corrected chi connectivity index (χ2v) is 3.42. The molecule has 0 aliphatic carbocycles. The highest BCUT2D eigenvalue weighted by molar-refractivity contribution is 5.72. The molecule has 0 aliphatic rings. The van der Waals surface area contributed by atoms with Crippen molar-refractivity contribution < 1.29 is 14.6 Å². The Balaban J connectivity index is 2.39. The Kier molecular flexibility index (Phi) is 4.93. The Morgan fingerprint density at radius 3 is 2.65 bits per heavy atom. The summed E-state index contributed by atoms with van der Waals surface area (Å²) in [5.41, 5.74) is 0. The first-order chi connectivity index (χ1) is 8.15. The zero-order valence-electron chi connectivity index (χ0n) is 9.44. The van der Waals surface area contributed by atoms with Crippen LogP contribution in [-0.4, -0.2) is 35.3 Å². The van der Waals surface area contributed by atoms with Crippen LogP contribution in [0.5, 0.6) is 5.75 Å². The van der Waals surface area contributed by atoms with Crippen LogP contribution in [0.4, 0.5) is 0 Å². The molecule has 1 atom stereocenters. The van der Waals surface area contributed by atoms with E-state index in [-0.39, 0.29) is 13.2 Å². The molecule has 0 spiro atoms. The molecule has 1 N–H and O–H groups in total. The summed E-state index contributed by atoms with van der Waals surface area (Å²) in [4.78, 5) is 21.1. The standard InChI is InChI=1S/C11H14N2O4/c1-9(11(14)15)13(12-16)7-8-17-10-5-3-2-4-6-10/h2-6,9H,7-8H2,1H3,(H,14,15). The van der Waals surface area contributed by atoms with E-state index in [9.17, 15) is 9.70 Å². The molecule has 0 aromatic heterocycles. The zero-order chi connectivity index (χ0) is 12.7. The molecule has 1 rings (SSSR count).